The lowest BCUT2D eigenvalue weighted by atomic mass is 10.2. The molecule has 1 amide bonds. The van der Waals surface area contributed by atoms with Gasteiger partial charge in [-0.2, -0.15) is 5.10 Å². The molecule has 0 aliphatic carbocycles. The minimum Gasteiger partial charge on any atom is -0.265 e. The fourth-order valence-electron chi connectivity index (χ4n) is 1.46. The van der Waals surface area contributed by atoms with Crippen LogP contribution in [0.25, 0.3) is 0 Å². The van der Waals surface area contributed by atoms with Crippen LogP contribution in [-0.2, 0) is 0 Å². The molecule has 0 aliphatic rings. The van der Waals surface area contributed by atoms with Crippen molar-refractivity contribution in [3.63, 3.8) is 0 Å². The maximum atomic E-state index is 11.9. The fourth-order valence-corrected chi connectivity index (χ4v) is 1.46. The van der Waals surface area contributed by atoms with Gasteiger partial charge >= 0.3 is 0 Å². The van der Waals surface area contributed by atoms with Crippen LogP contribution in [-0.4, -0.2) is 39.1 Å². The molecular formula is C13H11N5O3. The van der Waals surface area contributed by atoms with E-state index in [1.807, 2.05) is 0 Å². The molecule has 2 rings (SSSR count). The van der Waals surface area contributed by atoms with E-state index < -0.39 is 10.8 Å². The van der Waals surface area contributed by atoms with E-state index in [0.29, 0.717) is 5.56 Å². The lowest BCUT2D eigenvalue weighted by Crippen LogP contribution is -2.22. The summed E-state index contributed by atoms with van der Waals surface area (Å²) in [5.74, 6) is -0.402. The van der Waals surface area contributed by atoms with Crippen LogP contribution in [0.15, 0.2) is 48.0 Å². The highest BCUT2D eigenvalue weighted by molar-refractivity contribution is 5.92. The summed E-state index contributed by atoms with van der Waals surface area (Å²) in [7, 11) is 1.49. The van der Waals surface area contributed by atoms with Crippen molar-refractivity contribution in [2.75, 3.05) is 7.05 Å². The van der Waals surface area contributed by atoms with Gasteiger partial charge in [0.2, 0.25) is 0 Å². The second-order valence-corrected chi connectivity index (χ2v) is 4.01. The summed E-state index contributed by atoms with van der Waals surface area (Å²) < 4.78 is 0. The average Bonchev–Trinajstić information content (AvgIpc) is 2.53. The number of rotatable bonds is 4. The Kier molecular flexibility index (Phi) is 4.30. The summed E-state index contributed by atoms with van der Waals surface area (Å²) in [5.41, 5.74) is 0.816. The van der Waals surface area contributed by atoms with Gasteiger partial charge in [0.05, 0.1) is 17.3 Å². The number of nitro groups is 1. The number of nitrogens with zero attached hydrogens (tertiary/aromatic N) is 5. The van der Waals surface area contributed by atoms with Crippen LogP contribution in [0, 0.1) is 10.1 Å². The van der Waals surface area contributed by atoms with Crippen molar-refractivity contribution in [3.05, 3.63) is 64.2 Å². The molecule has 0 atom stereocenters. The number of benzene rings is 1. The molecule has 8 nitrogen and oxygen atoms in total. The largest absolute Gasteiger partial charge is 0.293 e. The first-order chi connectivity index (χ1) is 10.1. The Hall–Kier alpha value is -3.16. The second kappa shape index (κ2) is 6.33. The predicted octanol–water partition coefficient (Wildman–Crippen LogP) is 1.49. The Morgan fingerprint density at radius 1 is 1.33 bits per heavy atom. The molecule has 2 aromatic rings. The minimum atomic E-state index is -0.482. The van der Waals surface area contributed by atoms with Crippen LogP contribution in [0.1, 0.15) is 16.1 Å². The van der Waals surface area contributed by atoms with E-state index >= 15 is 0 Å². The molecule has 0 spiro atoms. The molecule has 1 aromatic heterocycles. The van der Waals surface area contributed by atoms with Gasteiger partial charge < -0.3 is 0 Å². The van der Waals surface area contributed by atoms with E-state index in [-0.39, 0.29) is 11.4 Å². The van der Waals surface area contributed by atoms with Gasteiger partial charge in [-0.05, 0) is 17.7 Å². The molecule has 0 saturated heterocycles. The average molecular weight is 285 g/mol. The molecule has 0 N–H and O–H groups in total. The highest BCUT2D eigenvalue weighted by Gasteiger charge is 2.11. The van der Waals surface area contributed by atoms with Gasteiger partial charge in [0.25, 0.3) is 11.6 Å². The van der Waals surface area contributed by atoms with Crippen molar-refractivity contribution < 1.29 is 9.72 Å². The molecule has 0 unspecified atom stereocenters. The predicted molar refractivity (Wildman–Crippen MR) is 74.8 cm³/mol. The third kappa shape index (κ3) is 3.66. The van der Waals surface area contributed by atoms with Gasteiger partial charge in [-0.1, -0.05) is 0 Å². The van der Waals surface area contributed by atoms with Crippen molar-refractivity contribution in [2.24, 2.45) is 5.10 Å². The Bertz CT molecular complexity index is 670. The van der Waals surface area contributed by atoms with Crippen molar-refractivity contribution in [2.45, 2.75) is 0 Å². The highest BCUT2D eigenvalue weighted by atomic mass is 16.6. The van der Waals surface area contributed by atoms with Crippen molar-refractivity contribution in [1.82, 2.24) is 15.0 Å². The summed E-state index contributed by atoms with van der Waals surface area (Å²) in [6.07, 6.45) is 5.66. The van der Waals surface area contributed by atoms with Crippen LogP contribution in [0.4, 0.5) is 5.69 Å². The number of carbonyl (C=O) groups is 1. The Morgan fingerprint density at radius 3 is 2.62 bits per heavy atom. The van der Waals surface area contributed by atoms with E-state index in [0.717, 1.165) is 5.01 Å². The van der Waals surface area contributed by atoms with Crippen LogP contribution >= 0.6 is 0 Å². The van der Waals surface area contributed by atoms with E-state index in [9.17, 15) is 14.9 Å². The van der Waals surface area contributed by atoms with Gasteiger partial charge in [0.1, 0.15) is 5.69 Å². The van der Waals surface area contributed by atoms with E-state index in [4.69, 9.17) is 0 Å². The van der Waals surface area contributed by atoms with E-state index in [1.54, 1.807) is 12.1 Å². The number of carbonyl (C=O) groups excluding carboxylic acids is 1. The normalized spacial score (nSPS) is 10.5. The zero-order chi connectivity index (χ0) is 15.2. The molecule has 1 aromatic carbocycles. The van der Waals surface area contributed by atoms with Crippen LogP contribution < -0.4 is 0 Å². The zero-order valence-electron chi connectivity index (χ0n) is 11.1. The number of nitro benzene ring substituents is 1. The van der Waals surface area contributed by atoms with E-state index in [2.05, 4.69) is 15.1 Å². The first kappa shape index (κ1) is 14.3. The van der Waals surface area contributed by atoms with Crippen LogP contribution in [0.2, 0.25) is 0 Å². The quantitative estimate of drug-likeness (QED) is 0.481. The molecule has 1 heterocycles. The Morgan fingerprint density at radius 2 is 2.05 bits per heavy atom. The summed E-state index contributed by atoms with van der Waals surface area (Å²) in [6.45, 7) is 0. The smallest absolute Gasteiger partial charge is 0.265 e. The molecule has 8 heteroatoms. The number of hydrogen-bond acceptors (Lipinski definition) is 6. The monoisotopic (exact) mass is 285 g/mol. The Balaban J connectivity index is 2.06. The summed E-state index contributed by atoms with van der Waals surface area (Å²) in [6, 6.07) is 5.82. The maximum absolute atomic E-state index is 11.9. The third-order valence-electron chi connectivity index (χ3n) is 2.56. The number of hydrogen-bond donors (Lipinski definition) is 0. The highest BCUT2D eigenvalue weighted by Crippen LogP contribution is 2.10. The zero-order valence-corrected chi connectivity index (χ0v) is 11.1. The first-order valence-corrected chi connectivity index (χ1v) is 5.90. The summed E-state index contributed by atoms with van der Waals surface area (Å²) in [4.78, 5) is 29.7. The Labute approximate surface area is 119 Å². The van der Waals surface area contributed by atoms with Gasteiger partial charge in [-0.3, -0.25) is 19.9 Å². The third-order valence-corrected chi connectivity index (χ3v) is 2.56. The summed E-state index contributed by atoms with van der Waals surface area (Å²) in [5, 5.41) is 15.6. The van der Waals surface area contributed by atoms with Gasteiger partial charge in [-0.15, -0.1) is 0 Å². The van der Waals surface area contributed by atoms with Crippen molar-refractivity contribution in [3.8, 4) is 0 Å². The van der Waals surface area contributed by atoms with Crippen LogP contribution in [0.5, 0.6) is 0 Å². The minimum absolute atomic E-state index is 0.00357. The number of aromatic nitrogens is 2. The molecule has 0 saturated carbocycles. The number of non-ortho nitro benzene ring substituents is 1. The van der Waals surface area contributed by atoms with Crippen molar-refractivity contribution >= 4 is 17.8 Å². The molecule has 0 bridgehead atoms. The topological polar surface area (TPSA) is 102 Å². The van der Waals surface area contributed by atoms with Gasteiger partial charge in [0, 0.05) is 31.6 Å². The number of amides is 1. The molecule has 21 heavy (non-hydrogen) atoms. The molecule has 0 aliphatic heterocycles. The fraction of sp³-hybridized carbons (Fsp3) is 0.0769. The molecule has 0 fully saturated rings. The van der Waals surface area contributed by atoms with Gasteiger partial charge in [-0.25, -0.2) is 9.99 Å². The lowest BCUT2D eigenvalue weighted by Gasteiger charge is -2.09. The summed E-state index contributed by atoms with van der Waals surface area (Å²) >= 11 is 0. The molecule has 0 radical (unpaired) electrons. The van der Waals surface area contributed by atoms with Gasteiger partial charge in [0.15, 0.2) is 0 Å². The lowest BCUT2D eigenvalue weighted by molar-refractivity contribution is -0.384. The molecular weight excluding hydrogens is 274 g/mol. The van der Waals surface area contributed by atoms with Crippen LogP contribution in [0.3, 0.4) is 0 Å². The maximum Gasteiger partial charge on any atom is 0.293 e. The second-order valence-electron chi connectivity index (χ2n) is 4.01. The van der Waals surface area contributed by atoms with Crippen molar-refractivity contribution in [1.29, 1.82) is 0 Å². The van der Waals surface area contributed by atoms with E-state index in [1.165, 1.54) is 44.0 Å². The standard InChI is InChI=1S/C13H11N5O3/c1-17(13(19)12-9-14-6-7-15-12)16-8-10-2-4-11(5-3-10)18(20)21/h2-9H,1H3/b16-8+. The first-order valence-electron chi connectivity index (χ1n) is 5.90. The SMILES string of the molecule is CN(/N=C/c1ccc([N+](=O)[O-])cc1)C(=O)c1cnccn1. The molecule has 106 valence electrons. The number of hydrazone groups is 1.